The Morgan fingerprint density at radius 3 is 2.48 bits per heavy atom. The van der Waals surface area contributed by atoms with E-state index in [1.165, 1.54) is 19.1 Å². The Labute approximate surface area is 127 Å². The van der Waals surface area contributed by atoms with Crippen molar-refractivity contribution in [2.24, 2.45) is 0 Å². The van der Waals surface area contributed by atoms with Gasteiger partial charge in [0.15, 0.2) is 5.78 Å². The fraction of sp³-hybridized carbons (Fsp3) is 0.533. The van der Waals surface area contributed by atoms with Crippen LogP contribution in [0.4, 0.5) is 0 Å². The number of ketones is 1. The van der Waals surface area contributed by atoms with Gasteiger partial charge in [-0.05, 0) is 45.1 Å². The van der Waals surface area contributed by atoms with Gasteiger partial charge in [0, 0.05) is 12.1 Å². The summed E-state index contributed by atoms with van der Waals surface area (Å²) >= 11 is 0. The van der Waals surface area contributed by atoms with Crippen LogP contribution in [0.1, 0.15) is 37.6 Å². The number of nitrogens with zero attached hydrogens (tertiary/aromatic N) is 1. The van der Waals surface area contributed by atoms with Crippen LogP contribution >= 0.6 is 0 Å². The van der Waals surface area contributed by atoms with Gasteiger partial charge in [-0.1, -0.05) is 26.0 Å². The summed E-state index contributed by atoms with van der Waals surface area (Å²) in [6.07, 6.45) is 0.757. The van der Waals surface area contributed by atoms with Crippen molar-refractivity contribution in [3.8, 4) is 0 Å². The number of hydrogen-bond acceptors (Lipinski definition) is 4. The van der Waals surface area contributed by atoms with Crippen LogP contribution in [0.5, 0.6) is 0 Å². The Balaban J connectivity index is 2.61. The van der Waals surface area contributed by atoms with Crippen molar-refractivity contribution in [3.05, 3.63) is 29.8 Å². The largest absolute Gasteiger partial charge is 0.304 e. The zero-order valence-corrected chi connectivity index (χ0v) is 13.7. The van der Waals surface area contributed by atoms with Crippen LogP contribution in [0.25, 0.3) is 0 Å². The second kappa shape index (κ2) is 8.26. The van der Waals surface area contributed by atoms with Crippen LogP contribution in [-0.2, 0) is 10.0 Å². The van der Waals surface area contributed by atoms with Gasteiger partial charge in [0.05, 0.1) is 4.90 Å². The van der Waals surface area contributed by atoms with Crippen molar-refractivity contribution >= 4 is 15.8 Å². The molecule has 0 unspecified atom stereocenters. The zero-order chi connectivity index (χ0) is 15.9. The Bertz CT molecular complexity index is 566. The number of benzene rings is 1. The third-order valence-corrected chi connectivity index (χ3v) is 4.85. The van der Waals surface area contributed by atoms with Gasteiger partial charge in [-0.2, -0.15) is 0 Å². The maximum absolute atomic E-state index is 12.2. The highest BCUT2D eigenvalue weighted by Gasteiger charge is 2.14. The number of carbonyl (C=O) groups is 1. The molecule has 1 aromatic carbocycles. The molecule has 118 valence electrons. The molecular weight excluding hydrogens is 288 g/mol. The summed E-state index contributed by atoms with van der Waals surface area (Å²) in [5.74, 6) is -0.145. The first-order chi connectivity index (χ1) is 9.90. The Morgan fingerprint density at radius 1 is 1.24 bits per heavy atom. The smallest absolute Gasteiger partial charge is 0.240 e. The lowest BCUT2D eigenvalue weighted by molar-refractivity contribution is 0.101. The van der Waals surface area contributed by atoms with Crippen LogP contribution in [0.15, 0.2) is 29.2 Å². The molecular formula is C15H24N2O3S. The summed E-state index contributed by atoms with van der Waals surface area (Å²) in [7, 11) is -3.55. The van der Waals surface area contributed by atoms with E-state index in [-0.39, 0.29) is 10.7 Å². The molecule has 0 radical (unpaired) electrons. The highest BCUT2D eigenvalue weighted by molar-refractivity contribution is 7.89. The summed E-state index contributed by atoms with van der Waals surface area (Å²) < 4.78 is 26.9. The van der Waals surface area contributed by atoms with E-state index in [0.717, 1.165) is 26.1 Å². The average molecular weight is 312 g/mol. The Hall–Kier alpha value is -1.24. The van der Waals surface area contributed by atoms with Gasteiger partial charge in [0.25, 0.3) is 0 Å². The van der Waals surface area contributed by atoms with E-state index in [1.807, 2.05) is 0 Å². The van der Waals surface area contributed by atoms with Gasteiger partial charge >= 0.3 is 0 Å². The number of sulfonamides is 1. The number of carbonyl (C=O) groups excluding carboxylic acids is 1. The zero-order valence-electron chi connectivity index (χ0n) is 12.9. The average Bonchev–Trinajstić information content (AvgIpc) is 2.47. The van der Waals surface area contributed by atoms with Crippen LogP contribution in [0.2, 0.25) is 0 Å². The van der Waals surface area contributed by atoms with Gasteiger partial charge < -0.3 is 4.90 Å². The normalized spacial score (nSPS) is 11.8. The van der Waals surface area contributed by atoms with Crippen molar-refractivity contribution < 1.29 is 13.2 Å². The standard InChI is InChI=1S/C15H24N2O3S/c1-4-17(5-2)11-7-10-16-21(19,20)15-9-6-8-14(12-15)13(3)18/h6,8-9,12,16H,4-5,7,10-11H2,1-3H3. The van der Waals surface area contributed by atoms with Crippen molar-refractivity contribution in [2.45, 2.75) is 32.1 Å². The molecule has 0 saturated heterocycles. The lowest BCUT2D eigenvalue weighted by Gasteiger charge is -2.17. The molecule has 1 rings (SSSR count). The van der Waals surface area contributed by atoms with E-state index < -0.39 is 10.0 Å². The molecule has 21 heavy (non-hydrogen) atoms. The van der Waals surface area contributed by atoms with E-state index in [4.69, 9.17) is 0 Å². The number of rotatable bonds is 9. The van der Waals surface area contributed by atoms with Crippen LogP contribution in [0, 0.1) is 0 Å². The molecule has 1 N–H and O–H groups in total. The molecule has 1 aromatic rings. The number of nitrogens with one attached hydrogen (secondary N) is 1. The molecule has 0 spiro atoms. The minimum atomic E-state index is -3.55. The molecule has 0 heterocycles. The topological polar surface area (TPSA) is 66.5 Å². The van der Waals surface area contributed by atoms with Crippen molar-refractivity contribution in [3.63, 3.8) is 0 Å². The van der Waals surface area contributed by atoms with Crippen LogP contribution in [-0.4, -0.2) is 45.3 Å². The van der Waals surface area contributed by atoms with Crippen molar-refractivity contribution in [1.82, 2.24) is 9.62 Å². The molecule has 0 amide bonds. The van der Waals surface area contributed by atoms with Gasteiger partial charge in [-0.25, -0.2) is 13.1 Å². The van der Waals surface area contributed by atoms with E-state index >= 15 is 0 Å². The van der Waals surface area contributed by atoms with Gasteiger partial charge in [0.2, 0.25) is 10.0 Å². The first-order valence-corrected chi connectivity index (χ1v) is 8.72. The van der Waals surface area contributed by atoms with Gasteiger partial charge in [0.1, 0.15) is 0 Å². The predicted octanol–water partition coefficient (Wildman–Crippen LogP) is 1.90. The quantitative estimate of drug-likeness (QED) is 0.559. The third kappa shape index (κ3) is 5.57. The molecule has 0 aliphatic heterocycles. The summed E-state index contributed by atoms with van der Waals surface area (Å²) in [6.45, 7) is 8.77. The maximum atomic E-state index is 12.2. The molecule has 0 aliphatic rings. The summed E-state index contributed by atoms with van der Waals surface area (Å²) in [5.41, 5.74) is 0.404. The Morgan fingerprint density at radius 2 is 1.90 bits per heavy atom. The monoisotopic (exact) mass is 312 g/mol. The van der Waals surface area contributed by atoms with Crippen molar-refractivity contribution in [1.29, 1.82) is 0 Å². The number of hydrogen-bond donors (Lipinski definition) is 1. The predicted molar refractivity (Wildman–Crippen MR) is 84.0 cm³/mol. The molecule has 0 aliphatic carbocycles. The molecule has 0 atom stereocenters. The fourth-order valence-electron chi connectivity index (χ4n) is 2.01. The van der Waals surface area contributed by atoms with E-state index in [9.17, 15) is 13.2 Å². The maximum Gasteiger partial charge on any atom is 0.240 e. The third-order valence-electron chi connectivity index (χ3n) is 3.39. The molecule has 0 bridgehead atoms. The molecule has 6 heteroatoms. The van der Waals surface area contributed by atoms with E-state index in [2.05, 4.69) is 23.5 Å². The molecule has 0 aromatic heterocycles. The first-order valence-electron chi connectivity index (χ1n) is 7.23. The fourth-order valence-corrected chi connectivity index (χ4v) is 3.13. The summed E-state index contributed by atoms with van der Waals surface area (Å²) in [4.78, 5) is 13.7. The summed E-state index contributed by atoms with van der Waals surface area (Å²) in [5, 5.41) is 0. The highest BCUT2D eigenvalue weighted by atomic mass is 32.2. The highest BCUT2D eigenvalue weighted by Crippen LogP contribution is 2.11. The lowest BCUT2D eigenvalue weighted by Crippen LogP contribution is -2.30. The second-order valence-corrected chi connectivity index (χ2v) is 6.63. The van der Waals surface area contributed by atoms with Gasteiger partial charge in [-0.3, -0.25) is 4.79 Å². The van der Waals surface area contributed by atoms with Crippen molar-refractivity contribution in [2.75, 3.05) is 26.2 Å². The minimum absolute atomic E-state index is 0.137. The van der Waals surface area contributed by atoms with E-state index in [0.29, 0.717) is 12.1 Å². The molecule has 0 fully saturated rings. The van der Waals surface area contributed by atoms with Crippen LogP contribution in [0.3, 0.4) is 0 Å². The molecule has 0 saturated carbocycles. The Kier molecular flexibility index (Phi) is 7.01. The van der Waals surface area contributed by atoms with Crippen LogP contribution < -0.4 is 4.72 Å². The summed E-state index contributed by atoms with van der Waals surface area (Å²) in [6, 6.07) is 6.11. The van der Waals surface area contributed by atoms with E-state index in [1.54, 1.807) is 12.1 Å². The SMILES string of the molecule is CCN(CC)CCCNS(=O)(=O)c1cccc(C(C)=O)c1. The second-order valence-electron chi connectivity index (χ2n) is 4.86. The van der Waals surface area contributed by atoms with Gasteiger partial charge in [-0.15, -0.1) is 0 Å². The lowest BCUT2D eigenvalue weighted by atomic mass is 10.2. The first kappa shape index (κ1) is 17.8. The minimum Gasteiger partial charge on any atom is -0.304 e. The molecule has 5 nitrogen and oxygen atoms in total. The number of Topliss-reactive ketones (excluding diaryl/α,β-unsaturated/α-hetero) is 1.